The molecule has 0 saturated carbocycles. The fourth-order valence-electron chi connectivity index (χ4n) is 2.32. The van der Waals surface area contributed by atoms with Gasteiger partial charge in [-0.3, -0.25) is 14.4 Å². The van der Waals surface area contributed by atoms with E-state index in [1.165, 1.54) is 0 Å². The van der Waals surface area contributed by atoms with Crippen LogP contribution < -0.4 is 5.32 Å². The Morgan fingerprint density at radius 1 is 1.00 bits per heavy atom. The lowest BCUT2D eigenvalue weighted by Gasteiger charge is -2.14. The number of amides is 1. The zero-order chi connectivity index (χ0) is 18.9. The third-order valence-corrected chi connectivity index (χ3v) is 4.29. The van der Waals surface area contributed by atoms with Gasteiger partial charge in [-0.2, -0.15) is 0 Å². The molecule has 0 saturated heterocycles. The van der Waals surface area contributed by atoms with Crippen LogP contribution in [0.15, 0.2) is 59.1 Å². The molecule has 0 heterocycles. The number of halogens is 1. The zero-order valence-corrected chi connectivity index (χ0v) is 16.0. The minimum Gasteiger partial charge on any atom is -0.456 e. The highest BCUT2D eigenvalue weighted by atomic mass is 79.9. The van der Waals surface area contributed by atoms with Crippen molar-refractivity contribution in [1.82, 2.24) is 5.32 Å². The van der Waals surface area contributed by atoms with E-state index >= 15 is 0 Å². The normalized spacial score (nSPS) is 11.5. The molecule has 1 amide bonds. The van der Waals surface area contributed by atoms with Gasteiger partial charge in [0.2, 0.25) is 0 Å². The number of hydrogen-bond donors (Lipinski definition) is 1. The van der Waals surface area contributed by atoms with Gasteiger partial charge in [0.05, 0.1) is 12.5 Å². The predicted molar refractivity (Wildman–Crippen MR) is 102 cm³/mol. The van der Waals surface area contributed by atoms with Crippen molar-refractivity contribution in [1.29, 1.82) is 0 Å². The second-order valence-corrected chi connectivity index (χ2v) is 6.71. The van der Waals surface area contributed by atoms with E-state index in [1.807, 2.05) is 37.3 Å². The van der Waals surface area contributed by atoms with E-state index in [1.54, 1.807) is 24.3 Å². The molecule has 26 heavy (non-hydrogen) atoms. The molecule has 0 unspecified atom stereocenters. The molecule has 136 valence electrons. The second-order valence-electron chi connectivity index (χ2n) is 5.79. The third-order valence-electron chi connectivity index (χ3n) is 3.76. The lowest BCUT2D eigenvalue weighted by molar-refractivity contribution is -0.148. The summed E-state index contributed by atoms with van der Waals surface area (Å²) < 4.78 is 5.89. The fourth-order valence-corrected chi connectivity index (χ4v) is 2.58. The van der Waals surface area contributed by atoms with Crippen LogP contribution in [0.3, 0.4) is 0 Å². The summed E-state index contributed by atoms with van der Waals surface area (Å²) in [4.78, 5) is 35.5. The van der Waals surface area contributed by atoms with Gasteiger partial charge >= 0.3 is 5.97 Å². The zero-order valence-electron chi connectivity index (χ0n) is 14.4. The molecular formula is C20H20BrNO4. The van der Waals surface area contributed by atoms with Crippen LogP contribution in [-0.2, 0) is 14.3 Å². The number of Topliss-reactive ketones (excluding diaryl/α,β-unsaturated/α-hetero) is 1. The maximum absolute atomic E-state index is 11.9. The van der Waals surface area contributed by atoms with Crippen molar-refractivity contribution in [2.24, 2.45) is 0 Å². The molecule has 0 fully saturated rings. The Morgan fingerprint density at radius 2 is 1.65 bits per heavy atom. The van der Waals surface area contributed by atoms with E-state index in [4.69, 9.17) is 4.74 Å². The Morgan fingerprint density at radius 3 is 2.31 bits per heavy atom. The molecule has 5 nitrogen and oxygen atoms in total. The Hall–Kier alpha value is -2.47. The summed E-state index contributed by atoms with van der Waals surface area (Å²) in [6, 6.07) is 16.1. The first-order chi connectivity index (χ1) is 12.5. The van der Waals surface area contributed by atoms with E-state index in [2.05, 4.69) is 21.2 Å². The number of ketones is 1. The quantitative estimate of drug-likeness (QED) is 0.523. The highest BCUT2D eigenvalue weighted by Crippen LogP contribution is 2.16. The van der Waals surface area contributed by atoms with Crippen molar-refractivity contribution in [2.45, 2.75) is 25.8 Å². The summed E-state index contributed by atoms with van der Waals surface area (Å²) in [6.07, 6.45) is 0.00301. The van der Waals surface area contributed by atoms with Crippen LogP contribution in [0.4, 0.5) is 0 Å². The molecule has 2 rings (SSSR count). The van der Waals surface area contributed by atoms with Crippen molar-refractivity contribution in [3.05, 3.63) is 70.2 Å². The van der Waals surface area contributed by atoms with Gasteiger partial charge in [0, 0.05) is 16.5 Å². The monoisotopic (exact) mass is 417 g/mol. The molecule has 0 aromatic heterocycles. The molecule has 0 spiro atoms. The molecule has 0 aliphatic carbocycles. The van der Waals surface area contributed by atoms with Crippen LogP contribution in [0.25, 0.3) is 0 Å². The number of carbonyl (C=O) groups is 3. The van der Waals surface area contributed by atoms with Crippen molar-refractivity contribution in [3.8, 4) is 0 Å². The molecule has 0 aliphatic rings. The van der Waals surface area contributed by atoms with Crippen molar-refractivity contribution >= 4 is 33.6 Å². The first-order valence-corrected chi connectivity index (χ1v) is 9.03. The molecule has 6 heteroatoms. The Kier molecular flexibility index (Phi) is 7.53. The van der Waals surface area contributed by atoms with Gasteiger partial charge in [-0.05, 0) is 24.6 Å². The van der Waals surface area contributed by atoms with Gasteiger partial charge in [0.1, 0.15) is 0 Å². The summed E-state index contributed by atoms with van der Waals surface area (Å²) >= 11 is 3.36. The van der Waals surface area contributed by atoms with Crippen molar-refractivity contribution in [2.75, 3.05) is 6.61 Å². The smallest absolute Gasteiger partial charge is 0.306 e. The Labute approximate surface area is 160 Å². The molecule has 1 atom stereocenters. The number of esters is 1. The second kappa shape index (κ2) is 9.87. The average molecular weight is 418 g/mol. The minimum atomic E-state index is -0.569. The first kappa shape index (κ1) is 19.8. The van der Waals surface area contributed by atoms with Gasteiger partial charge < -0.3 is 10.1 Å². The number of hydrogen-bond acceptors (Lipinski definition) is 4. The van der Waals surface area contributed by atoms with E-state index in [0.717, 1.165) is 10.0 Å². The van der Waals surface area contributed by atoms with Crippen molar-refractivity contribution < 1.29 is 19.1 Å². The van der Waals surface area contributed by atoms with Gasteiger partial charge in [-0.25, -0.2) is 0 Å². The summed E-state index contributed by atoms with van der Waals surface area (Å²) in [5.41, 5.74) is 1.50. The van der Waals surface area contributed by atoms with Gasteiger partial charge in [-0.1, -0.05) is 58.4 Å². The van der Waals surface area contributed by atoms with E-state index in [0.29, 0.717) is 5.56 Å². The van der Waals surface area contributed by atoms with Crippen molar-refractivity contribution in [3.63, 3.8) is 0 Å². The first-order valence-electron chi connectivity index (χ1n) is 8.24. The predicted octanol–water partition coefficient (Wildman–Crippen LogP) is 3.83. The lowest BCUT2D eigenvalue weighted by atomic mass is 10.1. The molecule has 0 aliphatic heterocycles. The Bertz CT molecular complexity index is 759. The van der Waals surface area contributed by atoms with Crippen LogP contribution >= 0.6 is 15.9 Å². The van der Waals surface area contributed by atoms with E-state index in [-0.39, 0.29) is 37.2 Å². The van der Waals surface area contributed by atoms with Crippen LogP contribution in [0.2, 0.25) is 0 Å². The number of benzene rings is 2. The van der Waals surface area contributed by atoms with Gasteiger partial charge in [-0.15, -0.1) is 0 Å². The number of ether oxygens (including phenoxy) is 1. The van der Waals surface area contributed by atoms with Crippen LogP contribution in [0.1, 0.15) is 41.7 Å². The molecule has 2 aromatic rings. The van der Waals surface area contributed by atoms with Crippen LogP contribution in [0.5, 0.6) is 0 Å². The van der Waals surface area contributed by atoms with Gasteiger partial charge in [0.15, 0.2) is 12.4 Å². The van der Waals surface area contributed by atoms with Gasteiger partial charge in [0.25, 0.3) is 5.91 Å². The molecule has 2 aromatic carbocycles. The molecule has 0 radical (unpaired) electrons. The van der Waals surface area contributed by atoms with E-state index < -0.39 is 5.97 Å². The van der Waals surface area contributed by atoms with E-state index in [9.17, 15) is 14.4 Å². The largest absolute Gasteiger partial charge is 0.456 e. The summed E-state index contributed by atoms with van der Waals surface area (Å²) in [6.45, 7) is 1.49. The third kappa shape index (κ3) is 6.44. The highest BCUT2D eigenvalue weighted by Gasteiger charge is 2.13. The number of nitrogens with one attached hydrogen (secondary N) is 1. The maximum Gasteiger partial charge on any atom is 0.306 e. The standard InChI is InChI=1S/C20H20BrNO4/c1-14(15-7-9-17(21)10-8-15)22-19(24)13-26-20(25)12-11-18(23)16-5-3-2-4-6-16/h2-10,14H,11-13H2,1H3,(H,22,24)/t14-/m1/s1. The topological polar surface area (TPSA) is 72.5 Å². The number of rotatable bonds is 8. The molecular weight excluding hydrogens is 398 g/mol. The summed E-state index contributed by atoms with van der Waals surface area (Å²) in [5.74, 6) is -1.08. The summed E-state index contributed by atoms with van der Waals surface area (Å²) in [7, 11) is 0. The minimum absolute atomic E-state index is 0.0523. The maximum atomic E-state index is 11.9. The number of carbonyl (C=O) groups excluding carboxylic acids is 3. The SMILES string of the molecule is C[C@@H](NC(=O)COC(=O)CCC(=O)c1ccccc1)c1ccc(Br)cc1. The van der Waals surface area contributed by atoms with Crippen LogP contribution in [-0.4, -0.2) is 24.3 Å². The molecule has 1 N–H and O–H groups in total. The summed E-state index contributed by atoms with van der Waals surface area (Å²) in [5, 5.41) is 2.76. The van der Waals surface area contributed by atoms with Crippen LogP contribution in [0, 0.1) is 0 Å². The highest BCUT2D eigenvalue weighted by molar-refractivity contribution is 9.10. The fraction of sp³-hybridized carbons (Fsp3) is 0.250. The average Bonchev–Trinajstić information content (AvgIpc) is 2.65. The Balaban J connectivity index is 1.70. The molecule has 0 bridgehead atoms. The lowest BCUT2D eigenvalue weighted by Crippen LogP contribution is -2.31.